The second-order valence-electron chi connectivity index (χ2n) is 6.97. The normalized spacial score (nSPS) is 14.3. The van der Waals surface area contributed by atoms with Crippen molar-refractivity contribution >= 4 is 28.3 Å². The van der Waals surface area contributed by atoms with Crippen LogP contribution in [0, 0.1) is 17.0 Å². The third-order valence-corrected chi connectivity index (χ3v) is 5.31. The lowest BCUT2D eigenvalue weighted by Gasteiger charge is -2.35. The second kappa shape index (κ2) is 7.46. The van der Waals surface area contributed by atoms with E-state index in [0.717, 1.165) is 16.6 Å². The SMILES string of the molecule is COc1ccc2oc(C(=O)N3CCN(c4cccc([N+](=O)[O-])c4)CC3)c(C)c2c1. The molecule has 29 heavy (non-hydrogen) atoms. The predicted octanol–water partition coefficient (Wildman–Crippen LogP) is 3.62. The van der Waals surface area contributed by atoms with Gasteiger partial charge in [-0.15, -0.1) is 0 Å². The molecular formula is C21H21N3O5. The molecule has 2 aromatic carbocycles. The molecule has 1 amide bonds. The maximum Gasteiger partial charge on any atom is 0.290 e. The fourth-order valence-corrected chi connectivity index (χ4v) is 3.65. The van der Waals surface area contributed by atoms with Crippen molar-refractivity contribution in [1.29, 1.82) is 0 Å². The first kappa shape index (κ1) is 18.8. The molecule has 2 heterocycles. The zero-order chi connectivity index (χ0) is 20.5. The summed E-state index contributed by atoms with van der Waals surface area (Å²) in [7, 11) is 1.60. The molecule has 8 nitrogen and oxygen atoms in total. The van der Waals surface area contributed by atoms with Gasteiger partial charge in [-0.3, -0.25) is 14.9 Å². The molecule has 0 saturated carbocycles. The van der Waals surface area contributed by atoms with Gasteiger partial charge in [-0.1, -0.05) is 6.07 Å². The van der Waals surface area contributed by atoms with Gasteiger partial charge in [0, 0.05) is 54.9 Å². The van der Waals surface area contributed by atoms with E-state index in [9.17, 15) is 14.9 Å². The molecule has 1 aromatic heterocycles. The molecule has 1 aliphatic heterocycles. The number of fused-ring (bicyclic) bond motifs is 1. The number of carbonyl (C=O) groups is 1. The van der Waals surface area contributed by atoms with E-state index < -0.39 is 4.92 Å². The van der Waals surface area contributed by atoms with Crippen LogP contribution in [0.5, 0.6) is 5.75 Å². The lowest BCUT2D eigenvalue weighted by atomic mass is 10.1. The number of furan rings is 1. The number of nitro groups is 1. The fourth-order valence-electron chi connectivity index (χ4n) is 3.65. The highest BCUT2D eigenvalue weighted by Crippen LogP contribution is 2.30. The van der Waals surface area contributed by atoms with E-state index in [1.807, 2.05) is 24.0 Å². The summed E-state index contributed by atoms with van der Waals surface area (Å²) in [4.78, 5) is 27.4. The minimum absolute atomic E-state index is 0.0642. The van der Waals surface area contributed by atoms with E-state index >= 15 is 0 Å². The highest BCUT2D eigenvalue weighted by molar-refractivity contribution is 5.99. The molecule has 1 fully saturated rings. The lowest BCUT2D eigenvalue weighted by molar-refractivity contribution is -0.384. The summed E-state index contributed by atoms with van der Waals surface area (Å²) in [5.41, 5.74) is 2.31. The quantitative estimate of drug-likeness (QED) is 0.495. The molecule has 1 saturated heterocycles. The van der Waals surface area contributed by atoms with E-state index in [-0.39, 0.29) is 11.6 Å². The number of aryl methyl sites for hydroxylation is 1. The van der Waals surface area contributed by atoms with Crippen molar-refractivity contribution in [3.8, 4) is 5.75 Å². The Balaban J connectivity index is 1.49. The number of nitrogens with zero attached hydrogens (tertiary/aromatic N) is 3. The molecule has 150 valence electrons. The summed E-state index contributed by atoms with van der Waals surface area (Å²) < 4.78 is 11.1. The van der Waals surface area contributed by atoms with Gasteiger partial charge in [0.05, 0.1) is 12.0 Å². The van der Waals surface area contributed by atoms with Crippen molar-refractivity contribution in [2.24, 2.45) is 0 Å². The molecular weight excluding hydrogens is 374 g/mol. The molecule has 0 spiro atoms. The topological polar surface area (TPSA) is 89.1 Å². The third-order valence-electron chi connectivity index (χ3n) is 5.31. The van der Waals surface area contributed by atoms with Crippen molar-refractivity contribution in [3.05, 3.63) is 63.9 Å². The zero-order valence-electron chi connectivity index (χ0n) is 16.3. The molecule has 0 aliphatic carbocycles. The average molecular weight is 395 g/mol. The van der Waals surface area contributed by atoms with E-state index in [0.29, 0.717) is 43.3 Å². The summed E-state index contributed by atoms with van der Waals surface area (Å²) in [5, 5.41) is 11.9. The maximum absolute atomic E-state index is 13.0. The Morgan fingerprint density at radius 2 is 1.90 bits per heavy atom. The number of hydrogen-bond donors (Lipinski definition) is 0. The van der Waals surface area contributed by atoms with Gasteiger partial charge >= 0.3 is 0 Å². The van der Waals surface area contributed by atoms with E-state index in [1.54, 1.807) is 36.3 Å². The third kappa shape index (κ3) is 3.49. The van der Waals surface area contributed by atoms with Crippen LogP contribution in [0.15, 0.2) is 46.9 Å². The number of carbonyl (C=O) groups excluding carboxylic acids is 1. The lowest BCUT2D eigenvalue weighted by Crippen LogP contribution is -2.48. The maximum atomic E-state index is 13.0. The van der Waals surface area contributed by atoms with Gasteiger partial charge in [-0.25, -0.2) is 0 Å². The van der Waals surface area contributed by atoms with Crippen LogP contribution in [0.3, 0.4) is 0 Å². The van der Waals surface area contributed by atoms with Crippen LogP contribution >= 0.6 is 0 Å². The van der Waals surface area contributed by atoms with Gasteiger partial charge < -0.3 is 19.0 Å². The molecule has 1 aliphatic rings. The number of benzene rings is 2. The second-order valence-corrected chi connectivity index (χ2v) is 6.97. The summed E-state index contributed by atoms with van der Waals surface area (Å²) in [6, 6.07) is 12.0. The Morgan fingerprint density at radius 3 is 2.59 bits per heavy atom. The van der Waals surface area contributed by atoms with Crippen LogP contribution in [0.4, 0.5) is 11.4 Å². The van der Waals surface area contributed by atoms with Crippen molar-refractivity contribution < 1.29 is 18.9 Å². The number of ether oxygens (including phenoxy) is 1. The van der Waals surface area contributed by atoms with Crippen LogP contribution in [-0.2, 0) is 0 Å². The minimum atomic E-state index is -0.400. The molecule has 8 heteroatoms. The Labute approximate surface area is 167 Å². The van der Waals surface area contributed by atoms with Gasteiger partial charge in [-0.05, 0) is 31.2 Å². The van der Waals surface area contributed by atoms with Gasteiger partial charge in [-0.2, -0.15) is 0 Å². The van der Waals surface area contributed by atoms with Crippen molar-refractivity contribution in [3.63, 3.8) is 0 Å². The van der Waals surface area contributed by atoms with Crippen LogP contribution in [0.25, 0.3) is 11.0 Å². The predicted molar refractivity (Wildman–Crippen MR) is 109 cm³/mol. The Hall–Kier alpha value is -3.55. The van der Waals surface area contributed by atoms with Gasteiger partial charge in [0.1, 0.15) is 11.3 Å². The Kier molecular flexibility index (Phi) is 4.84. The summed E-state index contributed by atoms with van der Waals surface area (Å²) >= 11 is 0. The molecule has 0 unspecified atom stereocenters. The minimum Gasteiger partial charge on any atom is -0.497 e. The largest absolute Gasteiger partial charge is 0.497 e. The number of hydrogen-bond acceptors (Lipinski definition) is 6. The highest BCUT2D eigenvalue weighted by Gasteiger charge is 2.27. The molecule has 0 atom stereocenters. The van der Waals surface area contributed by atoms with Crippen LogP contribution in [0.2, 0.25) is 0 Å². The monoisotopic (exact) mass is 395 g/mol. The average Bonchev–Trinajstić information content (AvgIpc) is 3.09. The molecule has 0 radical (unpaired) electrons. The van der Waals surface area contributed by atoms with Gasteiger partial charge in [0.15, 0.2) is 5.76 Å². The van der Waals surface area contributed by atoms with E-state index in [2.05, 4.69) is 0 Å². The summed E-state index contributed by atoms with van der Waals surface area (Å²) in [6.45, 7) is 4.10. The van der Waals surface area contributed by atoms with Crippen LogP contribution in [-0.4, -0.2) is 49.0 Å². The van der Waals surface area contributed by atoms with Crippen LogP contribution < -0.4 is 9.64 Å². The number of rotatable bonds is 4. The number of non-ortho nitro benzene ring substituents is 1. The first-order chi connectivity index (χ1) is 14.0. The van der Waals surface area contributed by atoms with Crippen molar-refractivity contribution in [1.82, 2.24) is 4.90 Å². The first-order valence-electron chi connectivity index (χ1n) is 9.34. The molecule has 3 aromatic rings. The van der Waals surface area contributed by atoms with Gasteiger partial charge in [0.25, 0.3) is 11.6 Å². The number of anilines is 1. The Bertz CT molecular complexity index is 1080. The fraction of sp³-hybridized carbons (Fsp3) is 0.286. The summed E-state index contributed by atoms with van der Waals surface area (Å²) in [6.07, 6.45) is 0. The Morgan fingerprint density at radius 1 is 1.14 bits per heavy atom. The highest BCUT2D eigenvalue weighted by atomic mass is 16.6. The van der Waals surface area contributed by atoms with Crippen molar-refractivity contribution in [2.45, 2.75) is 6.92 Å². The molecule has 0 bridgehead atoms. The number of nitro benzene ring substituents is 1. The van der Waals surface area contributed by atoms with E-state index in [1.165, 1.54) is 6.07 Å². The number of methoxy groups -OCH3 is 1. The summed E-state index contributed by atoms with van der Waals surface area (Å²) in [5.74, 6) is 0.916. The molecule has 4 rings (SSSR count). The van der Waals surface area contributed by atoms with Gasteiger partial charge in [0.2, 0.25) is 0 Å². The van der Waals surface area contributed by atoms with E-state index in [4.69, 9.17) is 9.15 Å². The number of piperazine rings is 1. The number of amides is 1. The standard InChI is InChI=1S/C21H21N3O5/c1-14-18-13-17(28-2)6-7-19(18)29-20(14)21(25)23-10-8-22(9-11-23)15-4-3-5-16(12-15)24(26)27/h3-7,12-13H,8-11H2,1-2H3. The zero-order valence-corrected chi connectivity index (χ0v) is 16.3. The smallest absolute Gasteiger partial charge is 0.290 e. The molecule has 0 N–H and O–H groups in total. The van der Waals surface area contributed by atoms with Crippen LogP contribution in [0.1, 0.15) is 16.1 Å². The first-order valence-corrected chi connectivity index (χ1v) is 9.34. The van der Waals surface area contributed by atoms with Crippen molar-refractivity contribution in [2.75, 3.05) is 38.2 Å².